The zero-order valence-corrected chi connectivity index (χ0v) is 17.2. The van der Waals surface area contributed by atoms with Gasteiger partial charge >= 0.3 is 6.18 Å². The molecule has 7 nitrogen and oxygen atoms in total. The van der Waals surface area contributed by atoms with Gasteiger partial charge in [0.1, 0.15) is 5.75 Å². The number of ether oxygens (including phenoxy) is 2. The van der Waals surface area contributed by atoms with Crippen LogP contribution < -0.4 is 15.8 Å². The molecule has 3 N–H and O–H groups in total. The molecular formula is C22H24F3N3O4. The van der Waals surface area contributed by atoms with Crippen molar-refractivity contribution in [2.45, 2.75) is 12.2 Å². The van der Waals surface area contributed by atoms with E-state index in [9.17, 15) is 22.8 Å². The van der Waals surface area contributed by atoms with Crippen LogP contribution in [0.5, 0.6) is 5.75 Å². The van der Waals surface area contributed by atoms with E-state index in [0.717, 1.165) is 12.1 Å². The molecule has 3 rings (SSSR count). The Labute approximate surface area is 183 Å². The van der Waals surface area contributed by atoms with Crippen molar-refractivity contribution < 1.29 is 32.2 Å². The van der Waals surface area contributed by atoms with Crippen molar-refractivity contribution in [2.75, 3.05) is 39.5 Å². The van der Waals surface area contributed by atoms with E-state index in [4.69, 9.17) is 15.2 Å². The van der Waals surface area contributed by atoms with Crippen LogP contribution >= 0.6 is 0 Å². The Bertz CT molecular complexity index is 912. The Morgan fingerprint density at radius 1 is 1.06 bits per heavy atom. The number of nitrogens with one attached hydrogen (secondary N) is 1. The minimum atomic E-state index is -4.41. The molecule has 1 aliphatic rings. The van der Waals surface area contributed by atoms with E-state index in [2.05, 4.69) is 10.2 Å². The predicted molar refractivity (Wildman–Crippen MR) is 110 cm³/mol. The number of rotatable bonds is 8. The maximum Gasteiger partial charge on any atom is 0.416 e. The van der Waals surface area contributed by atoms with Crippen molar-refractivity contribution in [3.63, 3.8) is 0 Å². The lowest BCUT2D eigenvalue weighted by molar-refractivity contribution is -0.137. The molecule has 1 unspecified atom stereocenters. The largest absolute Gasteiger partial charge is 0.484 e. The van der Waals surface area contributed by atoms with Gasteiger partial charge in [-0.15, -0.1) is 0 Å². The lowest BCUT2D eigenvalue weighted by Crippen LogP contribution is -2.44. The molecule has 2 aromatic rings. The molecule has 0 bridgehead atoms. The van der Waals surface area contributed by atoms with Crippen molar-refractivity contribution in [3.8, 4) is 5.75 Å². The lowest BCUT2D eigenvalue weighted by Gasteiger charge is -2.35. The molecule has 1 atom stereocenters. The number of morpholine rings is 1. The van der Waals surface area contributed by atoms with Crippen molar-refractivity contribution in [1.82, 2.24) is 10.2 Å². The van der Waals surface area contributed by atoms with E-state index in [1.54, 1.807) is 0 Å². The van der Waals surface area contributed by atoms with Crippen LogP contribution in [0.4, 0.5) is 13.2 Å². The maximum absolute atomic E-state index is 12.9. The van der Waals surface area contributed by atoms with E-state index in [1.807, 2.05) is 0 Å². The Hall–Kier alpha value is -3.11. The number of halogens is 3. The van der Waals surface area contributed by atoms with Crippen LogP contribution in [0.2, 0.25) is 0 Å². The van der Waals surface area contributed by atoms with E-state index in [1.165, 1.54) is 36.4 Å². The molecule has 0 aliphatic carbocycles. The molecule has 0 spiro atoms. The Morgan fingerprint density at radius 2 is 1.69 bits per heavy atom. The van der Waals surface area contributed by atoms with Gasteiger partial charge in [-0.2, -0.15) is 13.2 Å². The molecule has 1 aliphatic heterocycles. The average molecular weight is 451 g/mol. The number of amides is 2. The quantitative estimate of drug-likeness (QED) is 0.643. The fourth-order valence-electron chi connectivity index (χ4n) is 3.37. The minimum Gasteiger partial charge on any atom is -0.484 e. The number of alkyl halides is 3. The van der Waals surface area contributed by atoms with Crippen molar-refractivity contribution >= 4 is 11.8 Å². The molecule has 32 heavy (non-hydrogen) atoms. The lowest BCUT2D eigenvalue weighted by atomic mass is 10.0. The highest BCUT2D eigenvalue weighted by molar-refractivity contribution is 5.92. The fraction of sp³-hybridized carbons (Fsp3) is 0.364. The zero-order valence-electron chi connectivity index (χ0n) is 17.2. The second kappa shape index (κ2) is 10.5. The van der Waals surface area contributed by atoms with Crippen molar-refractivity contribution in [1.29, 1.82) is 0 Å². The van der Waals surface area contributed by atoms with Crippen LogP contribution in [-0.4, -0.2) is 56.2 Å². The number of primary amides is 1. The summed E-state index contributed by atoms with van der Waals surface area (Å²) in [6.45, 7) is 2.17. The molecule has 10 heteroatoms. The molecular weight excluding hydrogens is 427 g/mol. The normalized spacial score (nSPS) is 15.7. The van der Waals surface area contributed by atoms with Crippen LogP contribution in [0.25, 0.3) is 0 Å². The van der Waals surface area contributed by atoms with E-state index in [-0.39, 0.29) is 25.1 Å². The van der Waals surface area contributed by atoms with Gasteiger partial charge in [0.15, 0.2) is 6.61 Å². The minimum absolute atomic E-state index is 0.203. The van der Waals surface area contributed by atoms with Gasteiger partial charge in [-0.3, -0.25) is 14.5 Å². The predicted octanol–water partition coefficient (Wildman–Crippen LogP) is 2.37. The summed E-state index contributed by atoms with van der Waals surface area (Å²) in [5.74, 6) is -0.543. The van der Waals surface area contributed by atoms with Crippen LogP contribution in [0.15, 0.2) is 48.5 Å². The van der Waals surface area contributed by atoms with Gasteiger partial charge in [-0.1, -0.05) is 12.1 Å². The molecule has 0 radical (unpaired) electrons. The van der Waals surface area contributed by atoms with Crippen molar-refractivity contribution in [2.24, 2.45) is 5.73 Å². The second-order valence-electron chi connectivity index (χ2n) is 7.27. The molecule has 2 amide bonds. The number of benzene rings is 2. The summed E-state index contributed by atoms with van der Waals surface area (Å²) in [6.07, 6.45) is -4.41. The van der Waals surface area contributed by atoms with Gasteiger partial charge in [0, 0.05) is 25.2 Å². The number of hydrogen-bond acceptors (Lipinski definition) is 5. The number of nitrogens with two attached hydrogens (primary N) is 1. The van der Waals surface area contributed by atoms with Crippen molar-refractivity contribution in [3.05, 3.63) is 65.2 Å². The SMILES string of the molecule is NC(=O)c1ccc(OCC(=O)NCC(c2ccc(C(F)(F)F)cc2)N2CCOCC2)cc1. The topological polar surface area (TPSA) is 93.9 Å². The Morgan fingerprint density at radius 3 is 2.25 bits per heavy atom. The van der Waals surface area contributed by atoms with Crippen LogP contribution in [0.3, 0.4) is 0 Å². The molecule has 1 fully saturated rings. The first-order valence-electron chi connectivity index (χ1n) is 10.0. The summed E-state index contributed by atoms with van der Waals surface area (Å²) in [4.78, 5) is 25.5. The second-order valence-corrected chi connectivity index (χ2v) is 7.27. The average Bonchev–Trinajstić information content (AvgIpc) is 2.78. The highest BCUT2D eigenvalue weighted by Crippen LogP contribution is 2.31. The first-order valence-corrected chi connectivity index (χ1v) is 10.0. The molecule has 0 saturated carbocycles. The number of carbonyl (C=O) groups excluding carboxylic acids is 2. The van der Waals surface area contributed by atoms with Crippen LogP contribution in [0, 0.1) is 0 Å². The highest BCUT2D eigenvalue weighted by Gasteiger charge is 2.31. The zero-order chi connectivity index (χ0) is 23.1. The third-order valence-corrected chi connectivity index (χ3v) is 5.11. The van der Waals surface area contributed by atoms with E-state index < -0.39 is 17.6 Å². The number of hydrogen-bond donors (Lipinski definition) is 2. The van der Waals surface area contributed by atoms with Gasteiger partial charge < -0.3 is 20.5 Å². The fourth-order valence-corrected chi connectivity index (χ4v) is 3.37. The summed E-state index contributed by atoms with van der Waals surface area (Å²) in [5.41, 5.74) is 5.46. The van der Waals surface area contributed by atoms with E-state index in [0.29, 0.717) is 43.2 Å². The molecule has 0 aromatic heterocycles. The first-order chi connectivity index (χ1) is 15.2. The molecule has 172 valence electrons. The third-order valence-electron chi connectivity index (χ3n) is 5.11. The maximum atomic E-state index is 12.9. The smallest absolute Gasteiger partial charge is 0.416 e. The third kappa shape index (κ3) is 6.44. The summed E-state index contributed by atoms with van der Waals surface area (Å²) >= 11 is 0. The summed E-state index contributed by atoms with van der Waals surface area (Å²) in [6, 6.07) is 10.7. The summed E-state index contributed by atoms with van der Waals surface area (Å²) in [7, 11) is 0. The molecule has 1 saturated heterocycles. The monoisotopic (exact) mass is 451 g/mol. The number of nitrogens with zero attached hydrogens (tertiary/aromatic N) is 1. The van der Waals surface area contributed by atoms with Gasteiger partial charge in [-0.05, 0) is 42.0 Å². The Balaban J connectivity index is 1.60. The first kappa shape index (κ1) is 23.6. The van der Waals surface area contributed by atoms with Gasteiger partial charge in [0.2, 0.25) is 5.91 Å². The molecule has 2 aromatic carbocycles. The van der Waals surface area contributed by atoms with Gasteiger partial charge in [0.05, 0.1) is 24.8 Å². The summed E-state index contributed by atoms with van der Waals surface area (Å²) < 4.78 is 49.5. The Kier molecular flexibility index (Phi) is 7.70. The van der Waals surface area contributed by atoms with Crippen LogP contribution in [-0.2, 0) is 15.7 Å². The van der Waals surface area contributed by atoms with Gasteiger partial charge in [0.25, 0.3) is 5.91 Å². The van der Waals surface area contributed by atoms with Crippen LogP contribution in [0.1, 0.15) is 27.5 Å². The van der Waals surface area contributed by atoms with E-state index >= 15 is 0 Å². The molecule has 1 heterocycles. The number of carbonyl (C=O) groups is 2. The highest BCUT2D eigenvalue weighted by atomic mass is 19.4. The summed E-state index contributed by atoms with van der Waals surface area (Å²) in [5, 5.41) is 2.78. The standard InChI is InChI=1S/C22H24F3N3O4/c23-22(24,25)17-5-1-15(2-6-17)19(28-9-11-31-12-10-28)13-27-20(29)14-32-18-7-3-16(4-8-18)21(26)30/h1-8,19H,9-14H2,(H2,26,30)(H,27,29). The van der Waals surface area contributed by atoms with Gasteiger partial charge in [-0.25, -0.2) is 0 Å².